The van der Waals surface area contributed by atoms with Crippen molar-refractivity contribution in [1.29, 1.82) is 0 Å². The van der Waals surface area contributed by atoms with Crippen LogP contribution < -0.4 is 4.74 Å². The second kappa shape index (κ2) is 6.02. The molecule has 0 aliphatic heterocycles. The Bertz CT molecular complexity index is 626. The highest BCUT2D eigenvalue weighted by Gasteiger charge is 2.10. The number of hydrogen-bond acceptors (Lipinski definition) is 4. The summed E-state index contributed by atoms with van der Waals surface area (Å²) in [6, 6.07) is 11.3. The molecular formula is C14H12BrNO4. The lowest BCUT2D eigenvalue weighted by Gasteiger charge is -2.08. The van der Waals surface area contributed by atoms with Crippen molar-refractivity contribution in [2.45, 2.75) is 13.0 Å². The summed E-state index contributed by atoms with van der Waals surface area (Å²) in [6.07, 6.45) is -0.545. The summed E-state index contributed by atoms with van der Waals surface area (Å²) in [7, 11) is 0. The molecule has 0 radical (unpaired) electrons. The Kier molecular flexibility index (Phi) is 4.36. The largest absolute Gasteiger partial charge is 0.457 e. The number of nitro benzene ring substituents is 1. The van der Waals surface area contributed by atoms with E-state index < -0.39 is 11.0 Å². The van der Waals surface area contributed by atoms with Crippen molar-refractivity contribution in [2.24, 2.45) is 0 Å². The first-order valence-corrected chi connectivity index (χ1v) is 6.66. The quantitative estimate of drug-likeness (QED) is 0.670. The molecule has 1 N–H and O–H groups in total. The lowest BCUT2D eigenvalue weighted by molar-refractivity contribution is -0.385. The molecule has 0 heterocycles. The molecule has 0 aromatic heterocycles. The summed E-state index contributed by atoms with van der Waals surface area (Å²) < 4.78 is 6.14. The van der Waals surface area contributed by atoms with Crippen LogP contribution in [0, 0.1) is 10.1 Å². The van der Waals surface area contributed by atoms with Crippen LogP contribution in [0.4, 0.5) is 5.69 Å². The van der Waals surface area contributed by atoms with Crippen LogP contribution in [0.15, 0.2) is 46.9 Å². The molecule has 2 aromatic rings. The van der Waals surface area contributed by atoms with E-state index in [0.29, 0.717) is 16.0 Å². The zero-order valence-electron chi connectivity index (χ0n) is 10.6. The van der Waals surface area contributed by atoms with Crippen LogP contribution in [0.25, 0.3) is 0 Å². The molecule has 5 nitrogen and oxygen atoms in total. The molecule has 0 unspecified atom stereocenters. The predicted molar refractivity (Wildman–Crippen MR) is 77.9 cm³/mol. The molecule has 1 atom stereocenters. The van der Waals surface area contributed by atoms with Crippen LogP contribution in [0.1, 0.15) is 18.6 Å². The van der Waals surface area contributed by atoms with Crippen LogP contribution in [-0.2, 0) is 0 Å². The molecule has 104 valence electrons. The SMILES string of the molecule is C[C@@H](O)c1ccc(Oc2cc(Br)cc([N+](=O)[O-])c2)cc1. The average molecular weight is 338 g/mol. The Morgan fingerprint density at radius 1 is 1.20 bits per heavy atom. The van der Waals surface area contributed by atoms with Crippen LogP contribution in [0.3, 0.4) is 0 Å². The number of nitro groups is 1. The third-order valence-corrected chi connectivity index (χ3v) is 3.12. The normalized spacial score (nSPS) is 11.9. The molecular weight excluding hydrogens is 326 g/mol. The van der Waals surface area contributed by atoms with Crippen molar-refractivity contribution in [1.82, 2.24) is 0 Å². The number of ether oxygens (including phenoxy) is 1. The molecule has 0 amide bonds. The fourth-order valence-corrected chi connectivity index (χ4v) is 2.12. The number of rotatable bonds is 4. The maximum absolute atomic E-state index is 10.8. The summed E-state index contributed by atoms with van der Waals surface area (Å²) in [5, 5.41) is 20.2. The van der Waals surface area contributed by atoms with Gasteiger partial charge in [-0.1, -0.05) is 28.1 Å². The van der Waals surface area contributed by atoms with Gasteiger partial charge in [0.05, 0.1) is 17.1 Å². The molecule has 0 aliphatic rings. The van der Waals surface area contributed by atoms with E-state index in [2.05, 4.69) is 15.9 Å². The second-order valence-electron chi connectivity index (χ2n) is 4.25. The van der Waals surface area contributed by atoms with E-state index in [1.165, 1.54) is 12.1 Å². The van der Waals surface area contributed by atoms with Gasteiger partial charge < -0.3 is 9.84 Å². The molecule has 2 rings (SSSR count). The molecule has 0 bridgehead atoms. The minimum atomic E-state index is -0.545. The second-order valence-corrected chi connectivity index (χ2v) is 5.16. The van der Waals surface area contributed by atoms with Crippen molar-refractivity contribution >= 4 is 21.6 Å². The molecule has 0 aliphatic carbocycles. The third-order valence-electron chi connectivity index (χ3n) is 2.67. The van der Waals surface area contributed by atoms with Crippen molar-refractivity contribution in [2.75, 3.05) is 0 Å². The van der Waals surface area contributed by atoms with Gasteiger partial charge in [-0.05, 0) is 30.7 Å². The number of benzene rings is 2. The maximum Gasteiger partial charge on any atom is 0.274 e. The number of hydrogen-bond donors (Lipinski definition) is 1. The number of halogens is 1. The van der Waals surface area contributed by atoms with Gasteiger partial charge in [0.2, 0.25) is 0 Å². The summed E-state index contributed by atoms with van der Waals surface area (Å²) in [6.45, 7) is 1.67. The number of nitrogens with zero attached hydrogens (tertiary/aromatic N) is 1. The first kappa shape index (κ1) is 14.5. The minimum absolute atomic E-state index is 0.0463. The van der Waals surface area contributed by atoms with Gasteiger partial charge in [-0.25, -0.2) is 0 Å². The smallest absolute Gasteiger partial charge is 0.274 e. The van der Waals surface area contributed by atoms with Gasteiger partial charge in [-0.3, -0.25) is 10.1 Å². The van der Waals surface area contributed by atoms with E-state index in [-0.39, 0.29) is 5.69 Å². The number of non-ortho nitro benzene ring substituents is 1. The minimum Gasteiger partial charge on any atom is -0.457 e. The van der Waals surface area contributed by atoms with E-state index in [1.54, 1.807) is 37.3 Å². The van der Waals surface area contributed by atoms with Gasteiger partial charge in [0.15, 0.2) is 0 Å². The highest BCUT2D eigenvalue weighted by Crippen LogP contribution is 2.30. The summed E-state index contributed by atoms with van der Waals surface area (Å²) in [5.41, 5.74) is 0.729. The van der Waals surface area contributed by atoms with Crippen molar-refractivity contribution < 1.29 is 14.8 Å². The fourth-order valence-electron chi connectivity index (χ4n) is 1.66. The van der Waals surface area contributed by atoms with Gasteiger partial charge in [0.1, 0.15) is 11.5 Å². The topological polar surface area (TPSA) is 72.6 Å². The van der Waals surface area contributed by atoms with Gasteiger partial charge in [0, 0.05) is 10.5 Å². The number of aliphatic hydroxyl groups is 1. The first-order chi connectivity index (χ1) is 9.45. The van der Waals surface area contributed by atoms with Crippen LogP contribution >= 0.6 is 15.9 Å². The highest BCUT2D eigenvalue weighted by molar-refractivity contribution is 9.10. The predicted octanol–water partition coefficient (Wildman–Crippen LogP) is 4.20. The van der Waals surface area contributed by atoms with Gasteiger partial charge in [-0.2, -0.15) is 0 Å². The Morgan fingerprint density at radius 2 is 1.85 bits per heavy atom. The molecule has 0 fully saturated rings. The van der Waals surface area contributed by atoms with E-state index in [9.17, 15) is 15.2 Å². The summed E-state index contributed by atoms with van der Waals surface area (Å²) in [4.78, 5) is 10.3. The van der Waals surface area contributed by atoms with E-state index in [1.807, 2.05) is 0 Å². The molecule has 0 saturated carbocycles. The van der Waals surface area contributed by atoms with E-state index in [0.717, 1.165) is 5.56 Å². The van der Waals surface area contributed by atoms with Crippen LogP contribution in [0.2, 0.25) is 0 Å². The van der Waals surface area contributed by atoms with Gasteiger partial charge in [-0.15, -0.1) is 0 Å². The Hall–Kier alpha value is -1.92. The van der Waals surface area contributed by atoms with E-state index in [4.69, 9.17) is 4.74 Å². The van der Waals surface area contributed by atoms with Gasteiger partial charge in [0.25, 0.3) is 5.69 Å². The first-order valence-electron chi connectivity index (χ1n) is 5.86. The van der Waals surface area contributed by atoms with Crippen molar-refractivity contribution in [3.63, 3.8) is 0 Å². The number of aliphatic hydroxyl groups excluding tert-OH is 1. The zero-order chi connectivity index (χ0) is 14.7. The molecule has 6 heteroatoms. The molecule has 2 aromatic carbocycles. The Morgan fingerprint density at radius 3 is 2.40 bits per heavy atom. The lowest BCUT2D eigenvalue weighted by Crippen LogP contribution is -1.92. The van der Waals surface area contributed by atoms with Gasteiger partial charge >= 0.3 is 0 Å². The molecule has 0 saturated heterocycles. The van der Waals surface area contributed by atoms with Crippen LogP contribution in [0.5, 0.6) is 11.5 Å². The Balaban J connectivity index is 2.23. The Labute approximate surface area is 124 Å². The summed E-state index contributed by atoms with van der Waals surface area (Å²) >= 11 is 3.21. The summed E-state index contributed by atoms with van der Waals surface area (Å²) in [5.74, 6) is 0.915. The highest BCUT2D eigenvalue weighted by atomic mass is 79.9. The average Bonchev–Trinajstić information content (AvgIpc) is 2.38. The lowest BCUT2D eigenvalue weighted by atomic mass is 10.1. The zero-order valence-corrected chi connectivity index (χ0v) is 12.2. The monoisotopic (exact) mass is 337 g/mol. The van der Waals surface area contributed by atoms with Crippen molar-refractivity contribution in [3.8, 4) is 11.5 Å². The van der Waals surface area contributed by atoms with Crippen molar-refractivity contribution in [3.05, 3.63) is 62.6 Å². The molecule has 20 heavy (non-hydrogen) atoms. The molecule has 0 spiro atoms. The fraction of sp³-hybridized carbons (Fsp3) is 0.143. The maximum atomic E-state index is 10.8. The third kappa shape index (κ3) is 3.55. The van der Waals surface area contributed by atoms with E-state index >= 15 is 0 Å². The standard InChI is InChI=1S/C14H12BrNO4/c1-9(17)10-2-4-13(5-3-10)20-14-7-11(15)6-12(8-14)16(18)19/h2-9,17H,1H3/t9-/m1/s1. The van der Waals surface area contributed by atoms with Crippen LogP contribution in [-0.4, -0.2) is 10.0 Å².